The number of nitrogens with zero attached hydrogens (tertiary/aromatic N) is 2. The Labute approximate surface area is 226 Å². The molecule has 2 aliphatic heterocycles. The molecular formula is C26H39F3N6O4. The van der Waals surface area contributed by atoms with E-state index in [1.165, 1.54) is 18.7 Å². The second-order valence-electron chi connectivity index (χ2n) is 13.1. The Hall–Kier alpha value is -2.88. The molecule has 0 radical (unpaired) electrons. The Bertz CT molecular complexity index is 1060. The molecule has 1 aliphatic carbocycles. The monoisotopic (exact) mass is 556 g/mol. The number of nitrogens with one attached hydrogen (secondary N) is 4. The number of fused-ring (bicyclic) bond motifs is 1. The van der Waals surface area contributed by atoms with E-state index in [0.717, 1.165) is 0 Å². The summed E-state index contributed by atoms with van der Waals surface area (Å²) >= 11 is 0. The van der Waals surface area contributed by atoms with E-state index < -0.39 is 59.0 Å². The first-order valence-electron chi connectivity index (χ1n) is 13.2. The van der Waals surface area contributed by atoms with Crippen LogP contribution in [-0.4, -0.2) is 77.0 Å². The van der Waals surface area contributed by atoms with Gasteiger partial charge in [-0.25, -0.2) is 0 Å². The number of rotatable bonds is 8. The van der Waals surface area contributed by atoms with Gasteiger partial charge in [-0.1, -0.05) is 13.8 Å². The van der Waals surface area contributed by atoms with Crippen molar-refractivity contribution in [3.05, 3.63) is 0 Å². The number of piperidine rings is 1. The van der Waals surface area contributed by atoms with Crippen LogP contribution in [0.25, 0.3) is 0 Å². The Morgan fingerprint density at radius 3 is 2.26 bits per heavy atom. The molecule has 0 aromatic rings. The average molecular weight is 557 g/mol. The van der Waals surface area contributed by atoms with Crippen molar-refractivity contribution >= 4 is 23.6 Å². The summed E-state index contributed by atoms with van der Waals surface area (Å²) in [7, 11) is 0. The van der Waals surface area contributed by atoms with E-state index in [4.69, 9.17) is 0 Å². The minimum Gasteiger partial charge on any atom is -0.356 e. The lowest BCUT2D eigenvalue weighted by molar-refractivity contribution is -0.176. The molecule has 0 aromatic carbocycles. The van der Waals surface area contributed by atoms with Crippen LogP contribution in [0.15, 0.2) is 0 Å². The van der Waals surface area contributed by atoms with Crippen LogP contribution in [0.5, 0.6) is 0 Å². The number of likely N-dealkylation sites (tertiary alicyclic amines) is 1. The van der Waals surface area contributed by atoms with Gasteiger partial charge in [0.25, 0.3) is 0 Å². The van der Waals surface area contributed by atoms with E-state index in [9.17, 15) is 37.6 Å². The molecule has 218 valence electrons. The van der Waals surface area contributed by atoms with Crippen LogP contribution in [0.2, 0.25) is 0 Å². The van der Waals surface area contributed by atoms with Crippen LogP contribution < -0.4 is 21.3 Å². The zero-order valence-electron chi connectivity index (χ0n) is 23.5. The van der Waals surface area contributed by atoms with Gasteiger partial charge in [0.05, 0.1) is 6.07 Å². The fourth-order valence-electron chi connectivity index (χ4n) is 6.34. The van der Waals surface area contributed by atoms with E-state index in [2.05, 4.69) is 16.0 Å². The molecule has 0 bridgehead atoms. The van der Waals surface area contributed by atoms with Gasteiger partial charge in [0, 0.05) is 30.1 Å². The van der Waals surface area contributed by atoms with Gasteiger partial charge in [0.2, 0.25) is 17.7 Å². The Balaban J connectivity index is 1.88. The molecule has 2 saturated heterocycles. The van der Waals surface area contributed by atoms with Crippen molar-refractivity contribution in [1.29, 1.82) is 5.26 Å². The molecule has 13 heteroatoms. The van der Waals surface area contributed by atoms with Crippen LogP contribution in [-0.2, 0) is 19.2 Å². The second kappa shape index (κ2) is 10.3. The lowest BCUT2D eigenvalue weighted by Crippen LogP contribution is -2.69. The van der Waals surface area contributed by atoms with Crippen molar-refractivity contribution in [3.63, 3.8) is 0 Å². The largest absolute Gasteiger partial charge is 0.471 e. The zero-order valence-corrected chi connectivity index (χ0v) is 23.5. The molecular weight excluding hydrogens is 517 g/mol. The van der Waals surface area contributed by atoms with Gasteiger partial charge < -0.3 is 26.2 Å². The average Bonchev–Trinajstić information content (AvgIpc) is 3.14. The number of hydrogen-bond acceptors (Lipinski definition) is 6. The first-order valence-corrected chi connectivity index (χ1v) is 13.2. The summed E-state index contributed by atoms with van der Waals surface area (Å²) in [6.07, 6.45) is -4.57. The topological polar surface area (TPSA) is 143 Å². The highest BCUT2D eigenvalue weighted by Crippen LogP contribution is 2.65. The Morgan fingerprint density at radius 2 is 1.77 bits per heavy atom. The van der Waals surface area contributed by atoms with E-state index in [0.29, 0.717) is 13.0 Å². The third-order valence-electron chi connectivity index (χ3n) is 8.11. The summed E-state index contributed by atoms with van der Waals surface area (Å²) in [6, 6.07) is -1.66. The molecule has 3 fully saturated rings. The molecule has 4 amide bonds. The number of amides is 4. The summed E-state index contributed by atoms with van der Waals surface area (Å²) < 4.78 is 39.7. The van der Waals surface area contributed by atoms with Gasteiger partial charge >= 0.3 is 12.1 Å². The number of halogens is 3. The van der Waals surface area contributed by atoms with Gasteiger partial charge in [-0.15, -0.1) is 0 Å². The van der Waals surface area contributed by atoms with Gasteiger partial charge in [-0.3, -0.25) is 19.2 Å². The number of hydrogen-bond donors (Lipinski definition) is 4. The minimum absolute atomic E-state index is 0.0731. The molecule has 0 spiro atoms. The van der Waals surface area contributed by atoms with Gasteiger partial charge in [-0.05, 0) is 64.7 Å². The van der Waals surface area contributed by atoms with Crippen molar-refractivity contribution in [1.82, 2.24) is 26.2 Å². The third-order valence-corrected chi connectivity index (χ3v) is 8.11. The summed E-state index contributed by atoms with van der Waals surface area (Å²) in [5.41, 5.74) is -2.25. The smallest absolute Gasteiger partial charge is 0.356 e. The maximum absolute atomic E-state index is 13.9. The summed E-state index contributed by atoms with van der Waals surface area (Å²) in [4.78, 5) is 52.7. The first kappa shape index (κ1) is 30.7. The van der Waals surface area contributed by atoms with E-state index in [1.807, 2.05) is 25.2 Å². The molecule has 39 heavy (non-hydrogen) atoms. The molecule has 10 nitrogen and oxygen atoms in total. The molecule has 6 atom stereocenters. The lowest BCUT2D eigenvalue weighted by atomic mass is 9.88. The quantitative estimate of drug-likeness (QED) is 0.354. The zero-order chi connectivity index (χ0) is 29.7. The van der Waals surface area contributed by atoms with Crippen molar-refractivity contribution in [2.75, 3.05) is 13.1 Å². The number of alkyl halides is 3. The van der Waals surface area contributed by atoms with Crippen LogP contribution in [0.1, 0.15) is 61.3 Å². The third kappa shape index (κ3) is 6.48. The van der Waals surface area contributed by atoms with E-state index >= 15 is 0 Å². The lowest BCUT2D eigenvalue weighted by Gasteiger charge is -2.43. The fraction of sp³-hybridized carbons (Fsp3) is 0.808. The maximum atomic E-state index is 13.9. The number of carbonyl (C=O) groups excluding carboxylic acids is 4. The van der Waals surface area contributed by atoms with Gasteiger partial charge in [-0.2, -0.15) is 18.4 Å². The predicted octanol–water partition coefficient (Wildman–Crippen LogP) is 1.22. The van der Waals surface area contributed by atoms with Crippen molar-refractivity contribution in [2.24, 2.45) is 23.2 Å². The molecule has 2 heterocycles. The highest BCUT2D eigenvalue weighted by molar-refractivity contribution is 5.95. The van der Waals surface area contributed by atoms with Crippen LogP contribution in [0, 0.1) is 34.5 Å². The van der Waals surface area contributed by atoms with Crippen LogP contribution in [0.4, 0.5) is 13.2 Å². The summed E-state index contributed by atoms with van der Waals surface area (Å²) in [5, 5.41) is 20.0. The minimum atomic E-state index is -5.21. The van der Waals surface area contributed by atoms with Crippen LogP contribution in [0.3, 0.4) is 0 Å². The molecule has 3 aliphatic rings. The van der Waals surface area contributed by atoms with Crippen molar-refractivity contribution in [2.45, 2.75) is 96.7 Å². The van der Waals surface area contributed by atoms with E-state index in [1.54, 1.807) is 20.8 Å². The maximum Gasteiger partial charge on any atom is 0.471 e. The fourth-order valence-corrected chi connectivity index (χ4v) is 6.34. The summed E-state index contributed by atoms with van der Waals surface area (Å²) in [6.45, 7) is 12.9. The highest BCUT2D eigenvalue weighted by atomic mass is 19.4. The van der Waals surface area contributed by atoms with Crippen LogP contribution >= 0.6 is 0 Å². The van der Waals surface area contributed by atoms with Gasteiger partial charge in [0.1, 0.15) is 18.1 Å². The Kier molecular flexibility index (Phi) is 8.07. The predicted molar refractivity (Wildman–Crippen MR) is 134 cm³/mol. The SMILES string of the molecule is CC(C)(C)NC(C)(C)[C@H](NC(=O)C(F)(F)F)C(=O)N1C[C@H]2[C@@H]([C@H]1C(=O)N[C@H](C#N)C[C@@H]1CCNC1=O)C2(C)C. The normalized spacial score (nSPS) is 27.6. The van der Waals surface area contributed by atoms with E-state index in [-0.39, 0.29) is 36.1 Å². The molecule has 1 saturated carbocycles. The Morgan fingerprint density at radius 1 is 1.15 bits per heavy atom. The molecule has 0 unspecified atom stereocenters. The van der Waals surface area contributed by atoms with Gasteiger partial charge in [0.15, 0.2) is 0 Å². The molecule has 4 N–H and O–H groups in total. The highest BCUT2D eigenvalue weighted by Gasteiger charge is 2.70. The molecule has 0 aromatic heterocycles. The molecule has 3 rings (SSSR count). The standard InChI is InChI=1S/C26H39F3N6O4/c1-23(2,3)34-25(6,7)18(33-22(39)26(27,28)29)21(38)35-12-15-16(24(15,4)5)17(35)20(37)32-14(11-30)10-13-8-9-31-19(13)36/h13-18,34H,8-10,12H2,1-7H3,(H,31,36)(H,32,37)(H,33,39)/t13-,14-,15-,16-,17-,18+/m0/s1. The van der Waals surface area contributed by atoms with Crippen molar-refractivity contribution < 1.29 is 32.3 Å². The summed E-state index contributed by atoms with van der Waals surface area (Å²) in [5.74, 6) is -4.64. The first-order chi connectivity index (χ1) is 17.7. The number of nitriles is 1. The van der Waals surface area contributed by atoms with Crippen molar-refractivity contribution in [3.8, 4) is 6.07 Å². The number of carbonyl (C=O) groups is 4. The second-order valence-corrected chi connectivity index (χ2v) is 13.1.